The SMILES string of the molecule is Cc1cccc(NC(=O)CN2C(=O)S/C(=C\c3cn(Cc4ccc([N+](=O)[O-])cc4)c4ccccc34)C2=O)c1. The Morgan fingerprint density at radius 2 is 1.82 bits per heavy atom. The Bertz CT molecular complexity index is 1620. The summed E-state index contributed by atoms with van der Waals surface area (Å²) >= 11 is 0.799. The standard InChI is InChI=1S/C28H22N4O5S/c1-18-5-4-6-21(13-18)29-26(33)17-31-27(34)25(38-28(31)35)14-20-16-30(24-8-3-2-7-23(20)24)15-19-9-11-22(12-10-19)32(36)37/h2-14,16H,15,17H2,1H3,(H,29,33)/b25-14-. The summed E-state index contributed by atoms with van der Waals surface area (Å²) in [4.78, 5) is 49.9. The summed E-state index contributed by atoms with van der Waals surface area (Å²) in [7, 11) is 0. The highest BCUT2D eigenvalue weighted by Gasteiger charge is 2.36. The minimum atomic E-state index is -0.522. The second-order valence-electron chi connectivity index (χ2n) is 8.84. The van der Waals surface area contributed by atoms with Crippen molar-refractivity contribution in [1.29, 1.82) is 0 Å². The van der Waals surface area contributed by atoms with E-state index in [1.54, 1.807) is 30.3 Å². The third-order valence-electron chi connectivity index (χ3n) is 6.08. The maximum absolute atomic E-state index is 13.1. The zero-order valence-electron chi connectivity index (χ0n) is 20.3. The molecule has 1 saturated heterocycles. The molecule has 1 aliphatic heterocycles. The van der Waals surface area contributed by atoms with Crippen molar-refractivity contribution in [3.8, 4) is 0 Å². The highest BCUT2D eigenvalue weighted by molar-refractivity contribution is 8.18. The van der Waals surface area contributed by atoms with Crippen molar-refractivity contribution in [2.45, 2.75) is 13.5 Å². The fourth-order valence-corrected chi connectivity index (χ4v) is 5.11. The number of non-ortho nitro benzene ring substituents is 1. The van der Waals surface area contributed by atoms with Crippen LogP contribution >= 0.6 is 11.8 Å². The molecule has 0 radical (unpaired) electrons. The smallest absolute Gasteiger partial charge is 0.294 e. The van der Waals surface area contributed by atoms with Crippen LogP contribution in [0.25, 0.3) is 17.0 Å². The lowest BCUT2D eigenvalue weighted by Crippen LogP contribution is -2.36. The zero-order chi connectivity index (χ0) is 26.8. The molecule has 4 aromatic rings. The Morgan fingerprint density at radius 3 is 2.55 bits per heavy atom. The molecule has 190 valence electrons. The molecule has 2 heterocycles. The van der Waals surface area contributed by atoms with Crippen LogP contribution in [-0.4, -0.2) is 38.0 Å². The van der Waals surface area contributed by atoms with Gasteiger partial charge in [-0.25, -0.2) is 0 Å². The summed E-state index contributed by atoms with van der Waals surface area (Å²) in [5, 5.41) is 14.1. The second-order valence-corrected chi connectivity index (χ2v) is 9.83. The molecule has 1 N–H and O–H groups in total. The summed E-state index contributed by atoms with van der Waals surface area (Å²) in [5.41, 5.74) is 4.13. The van der Waals surface area contributed by atoms with Gasteiger partial charge in [0.2, 0.25) is 5.91 Å². The van der Waals surface area contributed by atoms with Crippen LogP contribution in [0.2, 0.25) is 0 Å². The van der Waals surface area contributed by atoms with Crippen LogP contribution < -0.4 is 5.32 Å². The molecule has 5 rings (SSSR count). The van der Waals surface area contributed by atoms with Gasteiger partial charge in [-0.2, -0.15) is 0 Å². The Labute approximate surface area is 221 Å². The summed E-state index contributed by atoms with van der Waals surface area (Å²) in [6.45, 7) is 1.99. The van der Waals surface area contributed by atoms with Gasteiger partial charge in [-0.3, -0.25) is 29.4 Å². The number of anilines is 1. The van der Waals surface area contributed by atoms with Crippen molar-refractivity contribution in [2.24, 2.45) is 0 Å². The van der Waals surface area contributed by atoms with Gasteiger partial charge in [0, 0.05) is 47.0 Å². The second kappa shape index (κ2) is 10.3. The van der Waals surface area contributed by atoms with Gasteiger partial charge >= 0.3 is 0 Å². The van der Waals surface area contributed by atoms with Gasteiger partial charge in [0.05, 0.1) is 9.83 Å². The fourth-order valence-electron chi connectivity index (χ4n) is 4.29. The molecule has 3 amide bonds. The topological polar surface area (TPSA) is 115 Å². The number of imide groups is 1. The summed E-state index contributed by atoms with van der Waals surface area (Å²) < 4.78 is 1.99. The average Bonchev–Trinajstić information content (AvgIpc) is 3.36. The van der Waals surface area contributed by atoms with Crippen molar-refractivity contribution in [3.63, 3.8) is 0 Å². The molecule has 0 spiro atoms. The molecule has 9 nitrogen and oxygen atoms in total. The number of carbonyl (C=O) groups excluding carboxylic acids is 3. The number of nitro groups is 1. The summed E-state index contributed by atoms with van der Waals surface area (Å²) in [6.07, 6.45) is 3.54. The first-order valence-electron chi connectivity index (χ1n) is 11.7. The molecule has 1 fully saturated rings. The Hall–Kier alpha value is -4.70. The van der Waals surface area contributed by atoms with E-state index in [1.807, 2.05) is 54.1 Å². The van der Waals surface area contributed by atoms with E-state index < -0.39 is 22.0 Å². The van der Waals surface area contributed by atoms with Gasteiger partial charge in [-0.1, -0.05) is 42.5 Å². The van der Waals surface area contributed by atoms with Gasteiger partial charge in [0.25, 0.3) is 16.8 Å². The first-order valence-corrected chi connectivity index (χ1v) is 12.5. The maximum Gasteiger partial charge on any atom is 0.294 e. The number of amides is 3. The largest absolute Gasteiger partial charge is 0.342 e. The number of carbonyl (C=O) groups is 3. The number of aromatic nitrogens is 1. The van der Waals surface area contributed by atoms with E-state index in [1.165, 1.54) is 12.1 Å². The van der Waals surface area contributed by atoms with Gasteiger partial charge < -0.3 is 9.88 Å². The number of nitro benzene ring substituents is 1. The number of hydrogen-bond acceptors (Lipinski definition) is 6. The van der Waals surface area contributed by atoms with Crippen LogP contribution in [-0.2, 0) is 16.1 Å². The van der Waals surface area contributed by atoms with Crippen LogP contribution in [0.1, 0.15) is 16.7 Å². The lowest BCUT2D eigenvalue weighted by molar-refractivity contribution is -0.384. The number of rotatable bonds is 7. The molecular formula is C28H22N4O5S. The lowest BCUT2D eigenvalue weighted by atomic mass is 10.1. The first kappa shape index (κ1) is 25.0. The van der Waals surface area contributed by atoms with Crippen molar-refractivity contribution in [2.75, 3.05) is 11.9 Å². The minimum Gasteiger partial charge on any atom is -0.342 e. The third-order valence-corrected chi connectivity index (χ3v) is 6.99. The number of nitrogens with zero attached hydrogens (tertiary/aromatic N) is 3. The van der Waals surface area contributed by atoms with Gasteiger partial charge in [0.15, 0.2) is 0 Å². The van der Waals surface area contributed by atoms with E-state index in [9.17, 15) is 24.5 Å². The van der Waals surface area contributed by atoms with Crippen molar-refractivity contribution in [3.05, 3.63) is 111 Å². The predicted molar refractivity (Wildman–Crippen MR) is 147 cm³/mol. The molecule has 0 bridgehead atoms. The molecule has 0 atom stereocenters. The van der Waals surface area contributed by atoms with Crippen LogP contribution in [0, 0.1) is 17.0 Å². The Balaban J connectivity index is 1.36. The van der Waals surface area contributed by atoms with E-state index in [-0.39, 0.29) is 17.1 Å². The van der Waals surface area contributed by atoms with Crippen LogP contribution in [0.4, 0.5) is 16.2 Å². The first-order chi connectivity index (χ1) is 18.3. The minimum absolute atomic E-state index is 0.0232. The van der Waals surface area contributed by atoms with Gasteiger partial charge in [-0.15, -0.1) is 0 Å². The van der Waals surface area contributed by atoms with Gasteiger partial charge in [-0.05, 0) is 54.1 Å². The molecule has 1 aliphatic rings. The molecular weight excluding hydrogens is 504 g/mol. The van der Waals surface area contributed by atoms with E-state index in [2.05, 4.69) is 5.32 Å². The lowest BCUT2D eigenvalue weighted by Gasteiger charge is -2.12. The van der Waals surface area contributed by atoms with Crippen LogP contribution in [0.3, 0.4) is 0 Å². The van der Waals surface area contributed by atoms with Crippen molar-refractivity contribution < 1.29 is 19.3 Å². The number of nitrogens with one attached hydrogen (secondary N) is 1. The third kappa shape index (κ3) is 5.21. The van der Waals surface area contributed by atoms with Crippen LogP contribution in [0.5, 0.6) is 0 Å². The highest BCUT2D eigenvalue weighted by Crippen LogP contribution is 2.34. The molecule has 38 heavy (non-hydrogen) atoms. The molecule has 10 heteroatoms. The van der Waals surface area contributed by atoms with Crippen LogP contribution in [0.15, 0.2) is 83.9 Å². The number of hydrogen-bond donors (Lipinski definition) is 1. The number of aryl methyl sites for hydroxylation is 1. The summed E-state index contributed by atoms with van der Waals surface area (Å²) in [6, 6.07) is 21.3. The predicted octanol–water partition coefficient (Wildman–Crippen LogP) is 5.58. The van der Waals surface area contributed by atoms with Crippen molar-refractivity contribution >= 4 is 57.2 Å². The number of benzene rings is 3. The monoisotopic (exact) mass is 526 g/mol. The van der Waals surface area contributed by atoms with E-state index in [4.69, 9.17) is 0 Å². The molecule has 0 saturated carbocycles. The number of para-hydroxylation sites is 1. The Kier molecular flexibility index (Phi) is 6.80. The molecule has 0 aliphatic carbocycles. The molecule has 0 unspecified atom stereocenters. The fraction of sp³-hybridized carbons (Fsp3) is 0.107. The maximum atomic E-state index is 13.1. The number of thioether (sulfide) groups is 1. The molecule has 3 aromatic carbocycles. The van der Waals surface area contributed by atoms with E-state index in [0.717, 1.165) is 44.3 Å². The summed E-state index contributed by atoms with van der Waals surface area (Å²) in [5.74, 6) is -0.981. The van der Waals surface area contributed by atoms with Gasteiger partial charge in [0.1, 0.15) is 6.54 Å². The quantitative estimate of drug-likeness (QED) is 0.191. The normalized spacial score (nSPS) is 14.4. The molecule has 1 aromatic heterocycles. The zero-order valence-corrected chi connectivity index (χ0v) is 21.1. The average molecular weight is 527 g/mol. The van der Waals surface area contributed by atoms with Crippen molar-refractivity contribution in [1.82, 2.24) is 9.47 Å². The van der Waals surface area contributed by atoms with E-state index >= 15 is 0 Å². The number of fused-ring (bicyclic) bond motifs is 1. The highest BCUT2D eigenvalue weighted by atomic mass is 32.2. The Morgan fingerprint density at radius 1 is 1.05 bits per heavy atom. The van der Waals surface area contributed by atoms with E-state index in [0.29, 0.717) is 12.2 Å².